The monoisotopic (exact) mass is 487 g/mol. The number of rotatable bonds is 8. The van der Waals surface area contributed by atoms with Gasteiger partial charge in [0.15, 0.2) is 0 Å². The summed E-state index contributed by atoms with van der Waals surface area (Å²) < 4.78 is 40.5. The summed E-state index contributed by atoms with van der Waals surface area (Å²) in [6.45, 7) is -0.682. The maximum absolute atomic E-state index is 13.2. The molecule has 1 atom stereocenters. The van der Waals surface area contributed by atoms with Gasteiger partial charge in [0.2, 0.25) is 5.91 Å². The van der Waals surface area contributed by atoms with Gasteiger partial charge in [-0.05, 0) is 29.8 Å². The first-order chi connectivity index (χ1) is 16.5. The first kappa shape index (κ1) is 25.5. The number of nitrogens with two attached hydrogens (primary N) is 1. The van der Waals surface area contributed by atoms with E-state index in [2.05, 4.69) is 10.3 Å². The molecule has 0 aliphatic heterocycles. The van der Waals surface area contributed by atoms with Crippen LogP contribution in [0.15, 0.2) is 65.6 Å². The van der Waals surface area contributed by atoms with Gasteiger partial charge in [0, 0.05) is 31.8 Å². The third-order valence-corrected chi connectivity index (χ3v) is 5.23. The van der Waals surface area contributed by atoms with Crippen LogP contribution in [0.25, 0.3) is 11.4 Å². The molecule has 35 heavy (non-hydrogen) atoms. The second-order valence-corrected chi connectivity index (χ2v) is 8.04. The molecule has 0 spiro atoms. The molecule has 1 amide bonds. The van der Waals surface area contributed by atoms with E-state index in [4.69, 9.17) is 5.73 Å². The highest BCUT2D eigenvalue weighted by Gasteiger charge is 2.43. The Hall–Kier alpha value is -4.15. The Balaban J connectivity index is 1.90. The number of ketones is 1. The Kier molecular flexibility index (Phi) is 7.58. The van der Waals surface area contributed by atoms with Crippen LogP contribution in [0, 0.1) is 0 Å². The summed E-state index contributed by atoms with van der Waals surface area (Å²) in [6, 6.07) is 13.1. The van der Waals surface area contributed by atoms with E-state index in [0.29, 0.717) is 11.1 Å². The van der Waals surface area contributed by atoms with Crippen molar-refractivity contribution in [1.29, 1.82) is 0 Å². The number of nitrogen functional groups attached to an aromatic ring is 1. The van der Waals surface area contributed by atoms with E-state index in [1.165, 1.54) is 0 Å². The van der Waals surface area contributed by atoms with Crippen molar-refractivity contribution in [3.05, 3.63) is 76.7 Å². The molecule has 0 aliphatic carbocycles. The Bertz CT molecular complexity index is 1260. The largest absolute Gasteiger partial charge is 0.452 e. The molecule has 0 saturated carbocycles. The minimum Gasteiger partial charge on any atom is -0.393 e. The number of Topliss-reactive ketones (excluding diaryl/α,β-unsaturated/α-hetero) is 1. The van der Waals surface area contributed by atoms with Crippen LogP contribution < -0.4 is 21.5 Å². The molecule has 8 nitrogen and oxygen atoms in total. The fourth-order valence-corrected chi connectivity index (χ4v) is 3.43. The molecule has 1 unspecified atom stereocenters. The lowest BCUT2D eigenvalue weighted by Gasteiger charge is -2.20. The zero-order valence-electron chi connectivity index (χ0n) is 19.0. The van der Waals surface area contributed by atoms with Crippen LogP contribution in [0.2, 0.25) is 0 Å². The van der Waals surface area contributed by atoms with Crippen LogP contribution in [0.4, 0.5) is 24.5 Å². The van der Waals surface area contributed by atoms with E-state index >= 15 is 0 Å². The number of alkyl halides is 3. The highest BCUT2D eigenvalue weighted by atomic mass is 19.4. The number of carbonyl (C=O) groups is 2. The molecule has 0 bridgehead atoms. The first-order valence-electron chi connectivity index (χ1n) is 10.5. The second-order valence-electron chi connectivity index (χ2n) is 8.04. The first-order valence-corrected chi connectivity index (χ1v) is 10.5. The van der Waals surface area contributed by atoms with Crippen LogP contribution in [-0.2, 0) is 22.6 Å². The predicted molar refractivity (Wildman–Crippen MR) is 126 cm³/mol. The molecular weight excluding hydrogens is 463 g/mol. The Morgan fingerprint density at radius 2 is 1.71 bits per heavy atom. The van der Waals surface area contributed by atoms with Gasteiger partial charge in [-0.15, -0.1) is 0 Å². The van der Waals surface area contributed by atoms with Crippen molar-refractivity contribution in [2.75, 3.05) is 24.7 Å². The molecule has 0 aliphatic rings. The SMILES string of the molecule is CN(C)c1ccc(-c2ncc(N)c(=O)n2CC(=O)NC(Cc2ccccc2)C(=O)C(F)(F)F)cc1. The fraction of sp³-hybridized carbons (Fsp3) is 0.250. The molecule has 11 heteroatoms. The van der Waals surface area contributed by atoms with Gasteiger partial charge < -0.3 is 16.0 Å². The Morgan fingerprint density at radius 1 is 1.09 bits per heavy atom. The average molecular weight is 487 g/mol. The van der Waals surface area contributed by atoms with Crippen molar-refractivity contribution in [1.82, 2.24) is 14.9 Å². The van der Waals surface area contributed by atoms with Crippen LogP contribution in [0.3, 0.4) is 0 Å². The summed E-state index contributed by atoms with van der Waals surface area (Å²) in [5.74, 6) is -2.96. The lowest BCUT2D eigenvalue weighted by molar-refractivity contribution is -0.173. The summed E-state index contributed by atoms with van der Waals surface area (Å²) in [7, 11) is 3.70. The van der Waals surface area contributed by atoms with Crippen molar-refractivity contribution in [2.24, 2.45) is 0 Å². The van der Waals surface area contributed by atoms with E-state index in [1.807, 2.05) is 19.0 Å². The Labute approximate surface area is 199 Å². The number of aromatic nitrogens is 2. The van der Waals surface area contributed by atoms with Gasteiger partial charge >= 0.3 is 6.18 Å². The van der Waals surface area contributed by atoms with Crippen LogP contribution in [0.5, 0.6) is 0 Å². The maximum Gasteiger partial charge on any atom is 0.452 e. The normalized spacial score (nSPS) is 12.1. The lowest BCUT2D eigenvalue weighted by atomic mass is 10.0. The van der Waals surface area contributed by atoms with E-state index in [9.17, 15) is 27.6 Å². The lowest BCUT2D eigenvalue weighted by Crippen LogP contribution is -2.49. The van der Waals surface area contributed by atoms with Gasteiger partial charge in [0.05, 0.1) is 6.20 Å². The quantitative estimate of drug-likeness (QED) is 0.505. The minimum absolute atomic E-state index is 0.103. The number of carbonyl (C=O) groups excluding carboxylic acids is 2. The van der Waals surface area contributed by atoms with Gasteiger partial charge in [-0.25, -0.2) is 4.98 Å². The van der Waals surface area contributed by atoms with Crippen LogP contribution >= 0.6 is 0 Å². The predicted octanol–water partition coefficient (Wildman–Crippen LogP) is 2.42. The van der Waals surface area contributed by atoms with Gasteiger partial charge in [-0.3, -0.25) is 19.0 Å². The molecule has 0 radical (unpaired) electrons. The summed E-state index contributed by atoms with van der Waals surface area (Å²) in [4.78, 5) is 43.5. The van der Waals surface area contributed by atoms with Gasteiger partial charge in [-0.2, -0.15) is 13.2 Å². The van der Waals surface area contributed by atoms with Gasteiger partial charge in [0.1, 0.15) is 24.1 Å². The van der Waals surface area contributed by atoms with Crippen molar-refractivity contribution in [3.63, 3.8) is 0 Å². The van der Waals surface area contributed by atoms with E-state index in [0.717, 1.165) is 16.5 Å². The number of amides is 1. The van der Waals surface area contributed by atoms with Gasteiger partial charge in [0.25, 0.3) is 11.3 Å². The minimum atomic E-state index is -5.15. The van der Waals surface area contributed by atoms with E-state index in [1.54, 1.807) is 54.6 Å². The number of nitrogens with zero attached hydrogens (tertiary/aromatic N) is 3. The van der Waals surface area contributed by atoms with E-state index in [-0.39, 0.29) is 17.9 Å². The third kappa shape index (κ3) is 6.25. The summed E-state index contributed by atoms with van der Waals surface area (Å²) >= 11 is 0. The number of benzene rings is 2. The zero-order valence-corrected chi connectivity index (χ0v) is 19.0. The highest BCUT2D eigenvalue weighted by molar-refractivity contribution is 5.93. The molecule has 3 aromatic rings. The number of halogens is 3. The zero-order chi connectivity index (χ0) is 25.8. The smallest absolute Gasteiger partial charge is 0.393 e. The Morgan fingerprint density at radius 3 is 2.29 bits per heavy atom. The average Bonchev–Trinajstić information content (AvgIpc) is 2.81. The molecule has 0 saturated heterocycles. The van der Waals surface area contributed by atoms with Crippen LogP contribution in [0.1, 0.15) is 5.56 Å². The van der Waals surface area contributed by atoms with Crippen molar-refractivity contribution >= 4 is 23.1 Å². The molecule has 2 aromatic carbocycles. The summed E-state index contributed by atoms with van der Waals surface area (Å²) in [5, 5.41) is 2.13. The molecule has 3 rings (SSSR count). The molecule has 184 valence electrons. The number of hydrogen-bond donors (Lipinski definition) is 2. The van der Waals surface area contributed by atoms with E-state index < -0.39 is 36.0 Å². The summed E-state index contributed by atoms with van der Waals surface area (Å²) in [5.41, 5.74) is 6.51. The molecule has 1 heterocycles. The standard InChI is InChI=1S/C24H24F3N5O3/c1-31(2)17-10-8-16(9-11-17)22-29-13-18(28)23(35)32(22)14-20(33)30-19(21(34)24(25,26)27)12-15-6-4-3-5-7-15/h3-11,13,19H,12,14,28H2,1-2H3,(H,30,33). The number of hydrogen-bond acceptors (Lipinski definition) is 6. The van der Waals surface area contributed by atoms with Crippen molar-refractivity contribution in [2.45, 2.75) is 25.2 Å². The highest BCUT2D eigenvalue weighted by Crippen LogP contribution is 2.22. The second kappa shape index (κ2) is 10.4. The number of nitrogens with one attached hydrogen (secondary N) is 1. The fourth-order valence-electron chi connectivity index (χ4n) is 3.43. The van der Waals surface area contributed by atoms with Crippen LogP contribution in [-0.4, -0.2) is 47.6 Å². The van der Waals surface area contributed by atoms with Gasteiger partial charge in [-0.1, -0.05) is 30.3 Å². The molecule has 0 fully saturated rings. The number of anilines is 2. The third-order valence-electron chi connectivity index (χ3n) is 5.23. The topological polar surface area (TPSA) is 110 Å². The summed E-state index contributed by atoms with van der Waals surface area (Å²) in [6.07, 6.45) is -4.37. The van der Waals surface area contributed by atoms with Crippen molar-refractivity contribution in [3.8, 4) is 11.4 Å². The maximum atomic E-state index is 13.2. The molecule has 1 aromatic heterocycles. The molecular formula is C24H24F3N5O3. The molecule has 3 N–H and O–H groups in total. The van der Waals surface area contributed by atoms with Crippen molar-refractivity contribution < 1.29 is 22.8 Å².